The number of para-hydroxylation sites is 1. The highest BCUT2D eigenvalue weighted by Gasteiger charge is 2.31. The van der Waals surface area contributed by atoms with Gasteiger partial charge in [0.1, 0.15) is 0 Å². The first-order chi connectivity index (χ1) is 11.0. The maximum absolute atomic E-state index is 12.5. The van der Waals surface area contributed by atoms with Crippen LogP contribution in [-0.2, 0) is 14.9 Å². The zero-order valence-corrected chi connectivity index (χ0v) is 14.5. The number of carbonyl (C=O) groups is 1. The van der Waals surface area contributed by atoms with E-state index in [9.17, 15) is 4.79 Å². The van der Waals surface area contributed by atoms with E-state index < -0.39 is 0 Å². The molecule has 0 saturated carbocycles. The van der Waals surface area contributed by atoms with Gasteiger partial charge in [0.15, 0.2) is 0 Å². The number of hydrogen-bond acceptors (Lipinski definition) is 3. The average Bonchev–Trinajstić information content (AvgIpc) is 3.08. The molecule has 0 N–H and O–H groups in total. The van der Waals surface area contributed by atoms with Gasteiger partial charge in [-0.05, 0) is 23.5 Å². The molecule has 0 aromatic heterocycles. The summed E-state index contributed by atoms with van der Waals surface area (Å²) in [6, 6.07) is 8.66. The third-order valence-electron chi connectivity index (χ3n) is 4.92. The summed E-state index contributed by atoms with van der Waals surface area (Å²) in [5, 5.41) is 0. The molecule has 126 valence electrons. The van der Waals surface area contributed by atoms with Crippen LogP contribution in [0.3, 0.4) is 0 Å². The maximum atomic E-state index is 12.5. The number of anilines is 1. The number of nitrogens with zero attached hydrogens (tertiary/aromatic N) is 2. The van der Waals surface area contributed by atoms with Crippen molar-refractivity contribution < 1.29 is 9.53 Å². The molecule has 3 rings (SSSR count). The molecule has 23 heavy (non-hydrogen) atoms. The number of ether oxygens (including phenoxy) is 1. The predicted molar refractivity (Wildman–Crippen MR) is 92.9 cm³/mol. The van der Waals surface area contributed by atoms with Gasteiger partial charge in [-0.1, -0.05) is 39.0 Å². The third-order valence-corrected chi connectivity index (χ3v) is 4.92. The molecule has 1 aromatic rings. The van der Waals surface area contributed by atoms with Crippen molar-refractivity contribution in [3.8, 4) is 0 Å². The molecule has 2 saturated heterocycles. The topological polar surface area (TPSA) is 32.8 Å². The van der Waals surface area contributed by atoms with E-state index >= 15 is 0 Å². The molecule has 4 nitrogen and oxygen atoms in total. The number of hydrogen-bond donors (Lipinski definition) is 0. The molecule has 1 aromatic carbocycles. The van der Waals surface area contributed by atoms with E-state index in [0.29, 0.717) is 6.61 Å². The molecule has 1 atom stereocenters. The lowest BCUT2D eigenvalue weighted by atomic mass is 9.85. The largest absolute Gasteiger partial charge is 0.381 e. The van der Waals surface area contributed by atoms with Gasteiger partial charge >= 0.3 is 0 Å². The van der Waals surface area contributed by atoms with E-state index in [4.69, 9.17) is 4.74 Å². The molecule has 2 aliphatic rings. The Hall–Kier alpha value is -1.55. The highest BCUT2D eigenvalue weighted by molar-refractivity contribution is 5.79. The summed E-state index contributed by atoms with van der Waals surface area (Å²) in [5.74, 6) is 0.370. The number of piperazine rings is 1. The standard InChI is InChI=1S/C19H28N2O2/c1-19(2,3)16-6-4-5-7-17(16)20-9-11-21(12-10-20)18(22)15-8-13-23-14-15/h4-7,15H,8-14H2,1-3H3. The van der Waals surface area contributed by atoms with Crippen molar-refractivity contribution in [2.45, 2.75) is 32.6 Å². The number of amides is 1. The Morgan fingerprint density at radius 3 is 2.43 bits per heavy atom. The van der Waals surface area contributed by atoms with Gasteiger partial charge in [0, 0.05) is 38.5 Å². The van der Waals surface area contributed by atoms with E-state index in [-0.39, 0.29) is 17.2 Å². The van der Waals surface area contributed by atoms with Crippen molar-refractivity contribution >= 4 is 11.6 Å². The van der Waals surface area contributed by atoms with Gasteiger partial charge in [-0.25, -0.2) is 0 Å². The lowest BCUT2D eigenvalue weighted by Crippen LogP contribution is -2.51. The summed E-state index contributed by atoms with van der Waals surface area (Å²) >= 11 is 0. The van der Waals surface area contributed by atoms with E-state index in [1.54, 1.807) is 0 Å². The highest BCUT2D eigenvalue weighted by Crippen LogP contribution is 2.32. The first-order valence-electron chi connectivity index (χ1n) is 8.68. The first kappa shape index (κ1) is 16.3. The average molecular weight is 316 g/mol. The van der Waals surface area contributed by atoms with Crippen LogP contribution >= 0.6 is 0 Å². The Morgan fingerprint density at radius 1 is 1.13 bits per heavy atom. The molecule has 2 fully saturated rings. The minimum absolute atomic E-state index is 0.0865. The zero-order valence-electron chi connectivity index (χ0n) is 14.5. The molecule has 0 aliphatic carbocycles. The van der Waals surface area contributed by atoms with Crippen molar-refractivity contribution in [1.82, 2.24) is 4.90 Å². The Kier molecular flexibility index (Phi) is 4.62. The van der Waals surface area contributed by atoms with E-state index in [1.165, 1.54) is 11.3 Å². The molecule has 0 bridgehead atoms. The van der Waals surface area contributed by atoms with Crippen molar-refractivity contribution in [2.75, 3.05) is 44.3 Å². The second kappa shape index (κ2) is 6.52. The Bertz CT molecular complexity index is 551. The maximum Gasteiger partial charge on any atom is 0.228 e. The van der Waals surface area contributed by atoms with Gasteiger partial charge < -0.3 is 14.5 Å². The molecule has 0 spiro atoms. The molecule has 2 heterocycles. The van der Waals surface area contributed by atoms with Crippen LogP contribution in [0.1, 0.15) is 32.8 Å². The van der Waals surface area contributed by atoms with Crippen molar-refractivity contribution in [1.29, 1.82) is 0 Å². The third kappa shape index (κ3) is 3.52. The summed E-state index contributed by atoms with van der Waals surface area (Å²) in [7, 11) is 0. The first-order valence-corrected chi connectivity index (χ1v) is 8.68. The van der Waals surface area contributed by atoms with Gasteiger partial charge in [-0.15, -0.1) is 0 Å². The molecular formula is C19H28N2O2. The second-order valence-electron chi connectivity index (χ2n) is 7.64. The quantitative estimate of drug-likeness (QED) is 0.841. The van der Waals surface area contributed by atoms with Gasteiger partial charge in [-0.2, -0.15) is 0 Å². The second-order valence-corrected chi connectivity index (χ2v) is 7.64. The molecule has 1 amide bonds. The van der Waals surface area contributed by atoms with Gasteiger partial charge in [0.25, 0.3) is 0 Å². The number of benzene rings is 1. The number of carbonyl (C=O) groups excluding carboxylic acids is 1. The fraction of sp³-hybridized carbons (Fsp3) is 0.632. The van der Waals surface area contributed by atoms with Crippen LogP contribution in [0.4, 0.5) is 5.69 Å². The Balaban J connectivity index is 1.66. The molecule has 4 heteroatoms. The summed E-state index contributed by atoms with van der Waals surface area (Å²) in [6.07, 6.45) is 0.881. The summed E-state index contributed by atoms with van der Waals surface area (Å²) in [6.45, 7) is 11.5. The summed E-state index contributed by atoms with van der Waals surface area (Å²) in [4.78, 5) is 16.9. The monoisotopic (exact) mass is 316 g/mol. The summed E-state index contributed by atoms with van der Waals surface area (Å²) < 4.78 is 5.35. The SMILES string of the molecule is CC(C)(C)c1ccccc1N1CCN(C(=O)C2CCOC2)CC1. The molecule has 0 radical (unpaired) electrons. The van der Waals surface area contributed by atoms with Crippen LogP contribution in [0.15, 0.2) is 24.3 Å². The van der Waals surface area contributed by atoms with Gasteiger partial charge in [0.2, 0.25) is 5.91 Å². The lowest BCUT2D eigenvalue weighted by Gasteiger charge is -2.39. The Morgan fingerprint density at radius 2 is 1.83 bits per heavy atom. The zero-order chi connectivity index (χ0) is 16.4. The minimum Gasteiger partial charge on any atom is -0.381 e. The predicted octanol–water partition coefficient (Wildman–Crippen LogP) is 2.67. The van der Waals surface area contributed by atoms with Crippen LogP contribution in [-0.4, -0.2) is 50.2 Å². The fourth-order valence-electron chi connectivity index (χ4n) is 3.54. The lowest BCUT2D eigenvalue weighted by molar-refractivity contribution is -0.135. The highest BCUT2D eigenvalue weighted by atomic mass is 16.5. The van der Waals surface area contributed by atoms with Crippen molar-refractivity contribution in [3.63, 3.8) is 0 Å². The summed E-state index contributed by atoms with van der Waals surface area (Å²) in [5.41, 5.74) is 2.82. The van der Waals surface area contributed by atoms with E-state index in [0.717, 1.165) is 39.2 Å². The van der Waals surface area contributed by atoms with E-state index in [1.807, 2.05) is 4.90 Å². The fourth-order valence-corrected chi connectivity index (χ4v) is 3.54. The molecular weight excluding hydrogens is 288 g/mol. The normalized spacial score (nSPS) is 22.5. The number of rotatable bonds is 2. The molecule has 1 unspecified atom stereocenters. The smallest absolute Gasteiger partial charge is 0.228 e. The van der Waals surface area contributed by atoms with Crippen LogP contribution in [0.25, 0.3) is 0 Å². The van der Waals surface area contributed by atoms with Crippen molar-refractivity contribution in [3.05, 3.63) is 29.8 Å². The molecule has 2 aliphatic heterocycles. The van der Waals surface area contributed by atoms with Gasteiger partial charge in [0.05, 0.1) is 12.5 Å². The van der Waals surface area contributed by atoms with Gasteiger partial charge in [-0.3, -0.25) is 4.79 Å². The van der Waals surface area contributed by atoms with Crippen LogP contribution in [0, 0.1) is 5.92 Å². The van der Waals surface area contributed by atoms with Crippen LogP contribution in [0.5, 0.6) is 0 Å². The van der Waals surface area contributed by atoms with Crippen LogP contribution < -0.4 is 4.90 Å². The minimum atomic E-state index is 0.0865. The van der Waals surface area contributed by atoms with E-state index in [2.05, 4.69) is 49.9 Å². The van der Waals surface area contributed by atoms with Crippen molar-refractivity contribution in [2.24, 2.45) is 5.92 Å². The Labute approximate surface area is 139 Å². The van der Waals surface area contributed by atoms with Crippen LogP contribution in [0.2, 0.25) is 0 Å².